The van der Waals surface area contributed by atoms with Crippen LogP contribution in [0.4, 0.5) is 4.39 Å². The van der Waals surface area contributed by atoms with Gasteiger partial charge < -0.3 is 10.4 Å². The molecule has 2 N–H and O–H groups in total. The molecule has 1 aromatic heterocycles. The van der Waals surface area contributed by atoms with Crippen LogP contribution in [0.1, 0.15) is 34.2 Å². The Morgan fingerprint density at radius 3 is 2.35 bits per heavy atom. The number of hydrogen-bond acceptors (Lipinski definition) is 4. The van der Waals surface area contributed by atoms with E-state index in [0.29, 0.717) is 12.2 Å². The third-order valence-corrected chi connectivity index (χ3v) is 3.99. The molecule has 2 aromatic carbocycles. The van der Waals surface area contributed by atoms with E-state index in [-0.39, 0.29) is 17.2 Å². The predicted molar refractivity (Wildman–Crippen MR) is 94.2 cm³/mol. The van der Waals surface area contributed by atoms with Gasteiger partial charge in [0.15, 0.2) is 5.69 Å². The zero-order valence-corrected chi connectivity index (χ0v) is 14.3. The zero-order valence-electron chi connectivity index (χ0n) is 14.3. The summed E-state index contributed by atoms with van der Waals surface area (Å²) in [5.74, 6) is -0.808. The van der Waals surface area contributed by atoms with Crippen LogP contribution in [0.15, 0.2) is 48.5 Å². The molecule has 0 aliphatic rings. The lowest BCUT2D eigenvalue weighted by Crippen LogP contribution is -2.24. The Morgan fingerprint density at radius 1 is 1.08 bits per heavy atom. The van der Waals surface area contributed by atoms with Crippen molar-refractivity contribution in [1.82, 2.24) is 20.3 Å². The van der Waals surface area contributed by atoms with E-state index in [1.807, 2.05) is 24.3 Å². The SMILES string of the molecule is CCc1ccc(CNC(=O)c2nn(-c3ccc(F)cc3)nc2CO)cc1. The Balaban J connectivity index is 1.74. The van der Waals surface area contributed by atoms with Crippen LogP contribution in [0, 0.1) is 5.82 Å². The first-order valence-electron chi connectivity index (χ1n) is 8.29. The van der Waals surface area contributed by atoms with Crippen molar-refractivity contribution in [2.45, 2.75) is 26.5 Å². The third kappa shape index (κ3) is 3.94. The molecule has 0 aliphatic carbocycles. The molecule has 134 valence electrons. The number of halogens is 1. The van der Waals surface area contributed by atoms with Crippen molar-refractivity contribution in [2.24, 2.45) is 0 Å². The number of benzene rings is 2. The van der Waals surface area contributed by atoms with E-state index in [1.54, 1.807) is 0 Å². The Kier molecular flexibility index (Phi) is 5.38. The molecular formula is C19H19FN4O2. The van der Waals surface area contributed by atoms with E-state index in [1.165, 1.54) is 34.6 Å². The van der Waals surface area contributed by atoms with E-state index in [4.69, 9.17) is 0 Å². The minimum Gasteiger partial charge on any atom is -0.390 e. The Morgan fingerprint density at radius 2 is 1.73 bits per heavy atom. The van der Waals surface area contributed by atoms with Gasteiger partial charge in [0.1, 0.15) is 11.5 Å². The highest BCUT2D eigenvalue weighted by Crippen LogP contribution is 2.11. The van der Waals surface area contributed by atoms with Crippen LogP contribution in [0.3, 0.4) is 0 Å². The third-order valence-electron chi connectivity index (χ3n) is 3.99. The van der Waals surface area contributed by atoms with Crippen molar-refractivity contribution < 1.29 is 14.3 Å². The van der Waals surface area contributed by atoms with E-state index < -0.39 is 12.5 Å². The largest absolute Gasteiger partial charge is 0.390 e. The second-order valence-corrected chi connectivity index (χ2v) is 5.77. The number of aryl methyl sites for hydroxylation is 1. The maximum absolute atomic E-state index is 13.0. The number of rotatable bonds is 6. The zero-order chi connectivity index (χ0) is 18.5. The molecule has 0 saturated heterocycles. The summed E-state index contributed by atoms with van der Waals surface area (Å²) in [5.41, 5.74) is 2.89. The quantitative estimate of drug-likeness (QED) is 0.712. The van der Waals surface area contributed by atoms with Gasteiger partial charge in [0, 0.05) is 6.54 Å². The van der Waals surface area contributed by atoms with Crippen molar-refractivity contribution in [2.75, 3.05) is 0 Å². The predicted octanol–water partition coefficient (Wildman–Crippen LogP) is 2.39. The highest BCUT2D eigenvalue weighted by molar-refractivity contribution is 5.93. The summed E-state index contributed by atoms with van der Waals surface area (Å²) < 4.78 is 13.0. The summed E-state index contributed by atoms with van der Waals surface area (Å²) >= 11 is 0. The molecule has 1 heterocycles. The first kappa shape index (κ1) is 17.8. The van der Waals surface area contributed by atoms with Gasteiger partial charge in [-0.2, -0.15) is 4.80 Å². The number of nitrogens with zero attached hydrogens (tertiary/aromatic N) is 3. The lowest BCUT2D eigenvalue weighted by molar-refractivity contribution is 0.0942. The summed E-state index contributed by atoms with van der Waals surface area (Å²) in [6.45, 7) is 2.00. The minimum absolute atomic E-state index is 0.0435. The maximum Gasteiger partial charge on any atom is 0.274 e. The molecule has 0 unspecified atom stereocenters. The second-order valence-electron chi connectivity index (χ2n) is 5.77. The fourth-order valence-electron chi connectivity index (χ4n) is 2.47. The Hall–Kier alpha value is -3.06. The van der Waals surface area contributed by atoms with Gasteiger partial charge in [-0.05, 0) is 41.8 Å². The lowest BCUT2D eigenvalue weighted by Gasteiger charge is -2.05. The van der Waals surface area contributed by atoms with E-state index in [0.717, 1.165) is 12.0 Å². The van der Waals surface area contributed by atoms with Crippen molar-refractivity contribution in [1.29, 1.82) is 0 Å². The molecule has 0 aliphatic heterocycles. The fraction of sp³-hybridized carbons (Fsp3) is 0.211. The number of aromatic nitrogens is 3. The molecule has 6 nitrogen and oxygen atoms in total. The summed E-state index contributed by atoms with van der Waals surface area (Å²) in [7, 11) is 0. The van der Waals surface area contributed by atoms with Gasteiger partial charge in [0.05, 0.1) is 12.3 Å². The number of hydrogen-bond donors (Lipinski definition) is 2. The van der Waals surface area contributed by atoms with Crippen LogP contribution in [0.5, 0.6) is 0 Å². The minimum atomic E-state index is -0.429. The van der Waals surface area contributed by atoms with Crippen molar-refractivity contribution in [3.8, 4) is 5.69 Å². The summed E-state index contributed by atoms with van der Waals surface area (Å²) in [4.78, 5) is 13.6. The molecular weight excluding hydrogens is 335 g/mol. The van der Waals surface area contributed by atoms with E-state index in [9.17, 15) is 14.3 Å². The van der Waals surface area contributed by atoms with Gasteiger partial charge in [-0.25, -0.2) is 4.39 Å². The normalized spacial score (nSPS) is 10.7. The molecule has 0 radical (unpaired) electrons. The number of carbonyl (C=O) groups is 1. The fourth-order valence-corrected chi connectivity index (χ4v) is 2.47. The van der Waals surface area contributed by atoms with Crippen LogP contribution >= 0.6 is 0 Å². The number of aliphatic hydroxyl groups excluding tert-OH is 1. The summed E-state index contributed by atoms with van der Waals surface area (Å²) in [5, 5.41) is 20.5. The first-order chi connectivity index (χ1) is 12.6. The number of aliphatic hydroxyl groups is 1. The molecule has 0 fully saturated rings. The van der Waals surface area contributed by atoms with Crippen LogP contribution in [-0.4, -0.2) is 26.0 Å². The summed E-state index contributed by atoms with van der Waals surface area (Å²) in [6.07, 6.45) is 0.957. The molecule has 0 saturated carbocycles. The molecule has 0 bridgehead atoms. The average Bonchev–Trinajstić information content (AvgIpc) is 3.11. The van der Waals surface area contributed by atoms with Gasteiger partial charge in [-0.15, -0.1) is 10.2 Å². The topological polar surface area (TPSA) is 80.0 Å². The molecule has 0 spiro atoms. The molecule has 26 heavy (non-hydrogen) atoms. The molecule has 0 atom stereocenters. The Labute approximate surface area is 150 Å². The number of amides is 1. The van der Waals surface area contributed by atoms with Crippen LogP contribution < -0.4 is 5.32 Å². The second kappa shape index (κ2) is 7.88. The molecule has 3 rings (SSSR count). The average molecular weight is 354 g/mol. The van der Waals surface area contributed by atoms with E-state index in [2.05, 4.69) is 22.4 Å². The van der Waals surface area contributed by atoms with Gasteiger partial charge >= 0.3 is 0 Å². The van der Waals surface area contributed by atoms with Crippen LogP contribution in [0.2, 0.25) is 0 Å². The molecule has 3 aromatic rings. The lowest BCUT2D eigenvalue weighted by atomic mass is 10.1. The van der Waals surface area contributed by atoms with Crippen molar-refractivity contribution in [3.05, 3.63) is 76.9 Å². The standard InChI is InChI=1S/C19H19FN4O2/c1-2-13-3-5-14(6-4-13)11-21-19(26)18-17(12-25)22-24(23-18)16-9-7-15(20)8-10-16/h3-10,25H,2,11-12H2,1H3,(H,21,26). The number of nitrogens with one attached hydrogen (secondary N) is 1. The van der Waals surface area contributed by atoms with E-state index >= 15 is 0 Å². The highest BCUT2D eigenvalue weighted by atomic mass is 19.1. The van der Waals surface area contributed by atoms with Crippen molar-refractivity contribution in [3.63, 3.8) is 0 Å². The van der Waals surface area contributed by atoms with Crippen molar-refractivity contribution >= 4 is 5.91 Å². The highest BCUT2D eigenvalue weighted by Gasteiger charge is 2.18. The monoisotopic (exact) mass is 354 g/mol. The van der Waals surface area contributed by atoms with Gasteiger partial charge in [0.2, 0.25) is 0 Å². The van der Waals surface area contributed by atoms with Crippen LogP contribution in [-0.2, 0) is 19.6 Å². The van der Waals surface area contributed by atoms with Gasteiger partial charge in [-0.1, -0.05) is 31.2 Å². The van der Waals surface area contributed by atoms with Gasteiger partial charge in [0.25, 0.3) is 5.91 Å². The number of carbonyl (C=O) groups excluding carboxylic acids is 1. The van der Waals surface area contributed by atoms with Crippen LogP contribution in [0.25, 0.3) is 5.69 Å². The smallest absolute Gasteiger partial charge is 0.274 e. The Bertz CT molecular complexity index is 889. The molecule has 1 amide bonds. The first-order valence-corrected chi connectivity index (χ1v) is 8.29. The summed E-state index contributed by atoms with van der Waals surface area (Å²) in [6, 6.07) is 13.5. The molecule has 7 heteroatoms. The maximum atomic E-state index is 13.0. The van der Waals surface area contributed by atoms with Gasteiger partial charge in [-0.3, -0.25) is 4.79 Å².